The van der Waals surface area contributed by atoms with Gasteiger partial charge in [-0.3, -0.25) is 13.9 Å². The number of carbonyl (C=O) groups is 2. The molecule has 0 aliphatic carbocycles. The van der Waals surface area contributed by atoms with Gasteiger partial charge in [0.05, 0.1) is 19.1 Å². The van der Waals surface area contributed by atoms with Crippen LogP contribution in [0.4, 0.5) is 5.69 Å². The largest absolute Gasteiger partial charge is 0.495 e. The van der Waals surface area contributed by atoms with Crippen molar-refractivity contribution in [1.29, 1.82) is 0 Å². The Bertz CT molecular complexity index is 1190. The molecule has 2 aromatic rings. The molecule has 0 aliphatic rings. The number of hydrogen-bond donors (Lipinski definition) is 1. The van der Waals surface area contributed by atoms with Gasteiger partial charge in [-0.05, 0) is 55.7 Å². The third-order valence-corrected chi connectivity index (χ3v) is 7.35. The second kappa shape index (κ2) is 13.2. The summed E-state index contributed by atoms with van der Waals surface area (Å²) >= 11 is 12.4. The van der Waals surface area contributed by atoms with Crippen LogP contribution in [0.2, 0.25) is 10.0 Å². The fourth-order valence-corrected chi connectivity index (χ4v) is 4.85. The van der Waals surface area contributed by atoms with Gasteiger partial charge in [-0.1, -0.05) is 48.7 Å². The lowest BCUT2D eigenvalue weighted by atomic mass is 10.1. The second-order valence-electron chi connectivity index (χ2n) is 8.52. The lowest BCUT2D eigenvalue weighted by Gasteiger charge is -2.32. The third-order valence-electron chi connectivity index (χ3n) is 5.63. The van der Waals surface area contributed by atoms with Crippen molar-refractivity contribution in [2.45, 2.75) is 46.2 Å². The number of hydrogen-bond acceptors (Lipinski definition) is 5. The maximum Gasteiger partial charge on any atom is 0.244 e. The van der Waals surface area contributed by atoms with E-state index < -0.39 is 28.5 Å². The molecule has 0 saturated carbocycles. The predicted octanol–water partition coefficient (Wildman–Crippen LogP) is 4.41. The highest BCUT2D eigenvalue weighted by Gasteiger charge is 2.31. The Morgan fingerprint density at radius 1 is 1.14 bits per heavy atom. The molecule has 198 valence electrons. The van der Waals surface area contributed by atoms with E-state index in [1.165, 1.54) is 12.0 Å². The van der Waals surface area contributed by atoms with Gasteiger partial charge in [0, 0.05) is 23.1 Å². The van der Waals surface area contributed by atoms with Crippen LogP contribution in [0, 0.1) is 6.92 Å². The number of nitrogens with zero attached hydrogens (tertiary/aromatic N) is 2. The van der Waals surface area contributed by atoms with E-state index >= 15 is 0 Å². The maximum absolute atomic E-state index is 13.6. The fraction of sp³-hybridized carbons (Fsp3) is 0.440. The first kappa shape index (κ1) is 29.7. The summed E-state index contributed by atoms with van der Waals surface area (Å²) in [5.74, 6) is -0.620. The SMILES string of the molecule is CCCCNC(=O)[C@H](C)N(Cc1ccc(Cl)cc1Cl)C(=O)CN(c1cc(C)ccc1OC)S(C)(=O)=O. The molecule has 11 heteroatoms. The highest BCUT2D eigenvalue weighted by atomic mass is 35.5. The van der Waals surface area contributed by atoms with Crippen LogP contribution in [0.3, 0.4) is 0 Å². The first-order valence-corrected chi connectivity index (χ1v) is 14.1. The van der Waals surface area contributed by atoms with Crippen LogP contribution in [0.5, 0.6) is 5.75 Å². The zero-order chi connectivity index (χ0) is 27.0. The molecule has 0 radical (unpaired) electrons. The summed E-state index contributed by atoms with van der Waals surface area (Å²) in [5.41, 5.74) is 1.60. The van der Waals surface area contributed by atoms with Crippen molar-refractivity contribution >= 4 is 50.7 Å². The molecule has 1 N–H and O–H groups in total. The monoisotopic (exact) mass is 557 g/mol. The van der Waals surface area contributed by atoms with Gasteiger partial charge in [0.15, 0.2) is 0 Å². The Hall–Kier alpha value is -2.49. The van der Waals surface area contributed by atoms with Crippen molar-refractivity contribution < 1.29 is 22.7 Å². The van der Waals surface area contributed by atoms with Crippen molar-refractivity contribution in [1.82, 2.24) is 10.2 Å². The number of unbranched alkanes of at least 4 members (excludes halogenated alkanes) is 1. The molecule has 36 heavy (non-hydrogen) atoms. The van der Waals surface area contributed by atoms with Crippen LogP contribution in [0.1, 0.15) is 37.8 Å². The van der Waals surface area contributed by atoms with Crippen molar-refractivity contribution in [3.63, 3.8) is 0 Å². The van der Waals surface area contributed by atoms with Crippen molar-refractivity contribution in [2.24, 2.45) is 0 Å². The molecular weight excluding hydrogens is 525 g/mol. The Kier molecular flexibility index (Phi) is 10.9. The lowest BCUT2D eigenvalue weighted by molar-refractivity contribution is -0.139. The van der Waals surface area contributed by atoms with Gasteiger partial charge in [0.25, 0.3) is 0 Å². The molecule has 0 aromatic heterocycles. The summed E-state index contributed by atoms with van der Waals surface area (Å²) in [7, 11) is -2.46. The Labute approximate surface area is 223 Å². The smallest absolute Gasteiger partial charge is 0.244 e. The Morgan fingerprint density at radius 2 is 1.83 bits per heavy atom. The number of carbonyl (C=O) groups excluding carboxylic acids is 2. The minimum Gasteiger partial charge on any atom is -0.495 e. The van der Waals surface area contributed by atoms with E-state index in [-0.39, 0.29) is 18.1 Å². The van der Waals surface area contributed by atoms with Gasteiger partial charge >= 0.3 is 0 Å². The highest BCUT2D eigenvalue weighted by Crippen LogP contribution is 2.31. The maximum atomic E-state index is 13.6. The average Bonchev–Trinajstić information content (AvgIpc) is 2.80. The lowest BCUT2D eigenvalue weighted by Crippen LogP contribution is -2.51. The molecule has 8 nitrogen and oxygen atoms in total. The molecule has 0 spiro atoms. The third kappa shape index (κ3) is 8.01. The number of ether oxygens (including phenoxy) is 1. The number of aryl methyl sites for hydroxylation is 1. The Morgan fingerprint density at radius 3 is 2.42 bits per heavy atom. The van der Waals surface area contributed by atoms with E-state index in [9.17, 15) is 18.0 Å². The molecule has 1 atom stereocenters. The van der Waals surface area contributed by atoms with E-state index in [2.05, 4.69) is 5.32 Å². The van der Waals surface area contributed by atoms with Crippen molar-refractivity contribution in [3.05, 3.63) is 57.6 Å². The molecular formula is C25H33Cl2N3O5S. The number of sulfonamides is 1. The summed E-state index contributed by atoms with van der Waals surface area (Å²) in [4.78, 5) is 27.8. The fourth-order valence-electron chi connectivity index (χ4n) is 3.54. The minimum atomic E-state index is -3.88. The molecule has 2 amide bonds. The van der Waals surface area contributed by atoms with Gasteiger partial charge in [-0.2, -0.15) is 0 Å². The number of rotatable bonds is 12. The van der Waals surface area contributed by atoms with Crippen LogP contribution < -0.4 is 14.4 Å². The number of nitrogens with one attached hydrogen (secondary N) is 1. The Balaban J connectivity index is 2.46. The number of amides is 2. The number of methoxy groups -OCH3 is 1. The molecule has 0 saturated heterocycles. The molecule has 2 rings (SSSR count). The molecule has 0 fully saturated rings. The normalized spacial score (nSPS) is 12.1. The van der Waals surface area contributed by atoms with Gasteiger partial charge < -0.3 is 15.0 Å². The summed E-state index contributed by atoms with van der Waals surface area (Å²) in [5, 5.41) is 3.60. The summed E-state index contributed by atoms with van der Waals surface area (Å²) in [6.07, 6.45) is 2.72. The molecule has 2 aromatic carbocycles. The van der Waals surface area contributed by atoms with Gasteiger partial charge in [0.2, 0.25) is 21.8 Å². The highest BCUT2D eigenvalue weighted by molar-refractivity contribution is 7.92. The molecule has 0 unspecified atom stereocenters. The minimum absolute atomic E-state index is 0.0141. The van der Waals surface area contributed by atoms with E-state index in [1.54, 1.807) is 43.3 Å². The van der Waals surface area contributed by atoms with Crippen molar-refractivity contribution in [3.8, 4) is 5.75 Å². The van der Waals surface area contributed by atoms with Crippen LogP contribution >= 0.6 is 23.2 Å². The molecule has 0 aliphatic heterocycles. The number of benzene rings is 2. The first-order chi connectivity index (χ1) is 16.9. The van der Waals surface area contributed by atoms with Crippen LogP contribution in [0.25, 0.3) is 0 Å². The van der Waals surface area contributed by atoms with E-state index in [4.69, 9.17) is 27.9 Å². The van der Waals surface area contributed by atoms with Crippen LogP contribution in [-0.4, -0.2) is 57.6 Å². The van der Waals surface area contributed by atoms with E-state index in [0.29, 0.717) is 27.9 Å². The number of anilines is 1. The van der Waals surface area contributed by atoms with Gasteiger partial charge in [-0.15, -0.1) is 0 Å². The first-order valence-electron chi connectivity index (χ1n) is 11.5. The van der Waals surface area contributed by atoms with Crippen LogP contribution in [0.15, 0.2) is 36.4 Å². The van der Waals surface area contributed by atoms with Gasteiger partial charge in [0.1, 0.15) is 18.3 Å². The average molecular weight is 559 g/mol. The quantitative estimate of drug-likeness (QED) is 0.390. The zero-order valence-electron chi connectivity index (χ0n) is 21.2. The van der Waals surface area contributed by atoms with Crippen LogP contribution in [-0.2, 0) is 26.2 Å². The number of halogens is 2. The standard InChI is InChI=1S/C25H33Cl2N3O5S/c1-6-7-12-28-25(32)18(3)29(15-19-9-10-20(26)14-21(19)27)24(31)16-30(36(5,33)34)22-13-17(2)8-11-23(22)35-4/h8-11,13-14,18H,6-7,12,15-16H2,1-5H3,(H,28,32)/t18-/m0/s1. The summed E-state index contributed by atoms with van der Waals surface area (Å²) < 4.78 is 31.9. The topological polar surface area (TPSA) is 96.0 Å². The van der Waals surface area contributed by atoms with E-state index in [1.807, 2.05) is 13.8 Å². The van der Waals surface area contributed by atoms with Gasteiger partial charge in [-0.25, -0.2) is 8.42 Å². The summed E-state index contributed by atoms with van der Waals surface area (Å²) in [6.45, 7) is 5.34. The van der Waals surface area contributed by atoms with E-state index in [0.717, 1.165) is 29.0 Å². The zero-order valence-corrected chi connectivity index (χ0v) is 23.5. The summed E-state index contributed by atoms with van der Waals surface area (Å²) in [6, 6.07) is 9.02. The predicted molar refractivity (Wildman–Crippen MR) is 144 cm³/mol. The molecule has 0 heterocycles. The van der Waals surface area contributed by atoms with Crippen molar-refractivity contribution in [2.75, 3.05) is 30.8 Å². The second-order valence-corrected chi connectivity index (χ2v) is 11.3. The molecule has 0 bridgehead atoms.